The maximum atomic E-state index is 13.8. The van der Waals surface area contributed by atoms with E-state index in [9.17, 15) is 56.9 Å². The normalized spacial score (nSPS) is 11.7. The number of hydrogen-bond donors (Lipinski definition) is 7. The third kappa shape index (κ3) is 12.1. The predicted molar refractivity (Wildman–Crippen MR) is 151 cm³/mol. The van der Waals surface area contributed by atoms with Crippen LogP contribution in [0.25, 0.3) is 10.9 Å². The van der Waals surface area contributed by atoms with Gasteiger partial charge in [-0.1, -0.05) is 6.07 Å². The number of benzene rings is 1. The van der Waals surface area contributed by atoms with Gasteiger partial charge in [-0.25, -0.2) is 0 Å². The number of carboxylic acids is 4. The summed E-state index contributed by atoms with van der Waals surface area (Å²) in [6, 6.07) is 3.09. The largest absolute Gasteiger partial charge is 0.480 e. The van der Waals surface area contributed by atoms with Crippen LogP contribution in [-0.4, -0.2) is 135 Å². The van der Waals surface area contributed by atoms with Gasteiger partial charge in [0.25, 0.3) is 5.56 Å². The van der Waals surface area contributed by atoms with Crippen LogP contribution in [0.15, 0.2) is 23.0 Å². The van der Waals surface area contributed by atoms with Gasteiger partial charge in [0.05, 0.1) is 50.2 Å². The van der Waals surface area contributed by atoms with Gasteiger partial charge in [0, 0.05) is 42.8 Å². The number of fused-ring (bicyclic) bond motifs is 1. The molecule has 8 N–H and O–H groups in total. The van der Waals surface area contributed by atoms with E-state index in [-0.39, 0.29) is 37.4 Å². The second-order valence-corrected chi connectivity index (χ2v) is 10.0. The zero-order valence-corrected chi connectivity index (χ0v) is 24.0. The van der Waals surface area contributed by atoms with Gasteiger partial charge in [-0.3, -0.25) is 48.3 Å². The molecular formula is C26H31F3N6O11. The number of pyridine rings is 1. The minimum absolute atomic E-state index is 0.0661. The Morgan fingerprint density at radius 1 is 0.761 bits per heavy atom. The van der Waals surface area contributed by atoms with Crippen molar-refractivity contribution in [1.29, 1.82) is 0 Å². The first-order valence-corrected chi connectivity index (χ1v) is 13.2. The fourth-order valence-electron chi connectivity index (χ4n) is 4.52. The van der Waals surface area contributed by atoms with Crippen molar-refractivity contribution in [2.24, 2.45) is 5.73 Å². The summed E-state index contributed by atoms with van der Waals surface area (Å²) in [7, 11) is 0. The number of rotatable bonds is 19. The van der Waals surface area contributed by atoms with Crippen molar-refractivity contribution in [3.8, 4) is 0 Å². The second-order valence-electron chi connectivity index (χ2n) is 10.0. The van der Waals surface area contributed by atoms with E-state index in [0.29, 0.717) is 0 Å². The number of alkyl halides is 3. The Labute approximate surface area is 257 Å². The lowest BCUT2D eigenvalue weighted by Crippen LogP contribution is -2.46. The molecule has 0 unspecified atom stereocenters. The van der Waals surface area contributed by atoms with Gasteiger partial charge >= 0.3 is 30.1 Å². The third-order valence-electron chi connectivity index (χ3n) is 6.30. The summed E-state index contributed by atoms with van der Waals surface area (Å²) in [4.78, 5) is 86.9. The molecule has 0 radical (unpaired) electrons. The first-order chi connectivity index (χ1) is 21.3. The Morgan fingerprint density at radius 2 is 1.22 bits per heavy atom. The lowest BCUT2D eigenvalue weighted by atomic mass is 10.00. The van der Waals surface area contributed by atoms with Crippen molar-refractivity contribution in [3.63, 3.8) is 0 Å². The number of aromatic amines is 1. The van der Waals surface area contributed by atoms with E-state index in [1.807, 2.05) is 0 Å². The molecule has 1 aromatic heterocycles. The van der Waals surface area contributed by atoms with Crippen molar-refractivity contribution < 1.29 is 62.4 Å². The number of carboxylic acid groups (broad SMARTS) is 4. The smallest absolute Gasteiger partial charge is 0.417 e. The van der Waals surface area contributed by atoms with Crippen molar-refractivity contribution in [1.82, 2.24) is 19.7 Å². The highest BCUT2D eigenvalue weighted by Crippen LogP contribution is 2.36. The van der Waals surface area contributed by atoms with Gasteiger partial charge in [0.2, 0.25) is 11.8 Å². The number of nitrogens with two attached hydrogens (primary N) is 1. The maximum Gasteiger partial charge on any atom is 0.417 e. The minimum atomic E-state index is -5.03. The second kappa shape index (κ2) is 16.3. The van der Waals surface area contributed by atoms with E-state index in [1.165, 1.54) is 4.90 Å². The molecule has 2 rings (SSSR count). The predicted octanol–water partition coefficient (Wildman–Crippen LogP) is -1.24. The molecule has 1 heterocycles. The average molecular weight is 661 g/mol. The van der Waals surface area contributed by atoms with Crippen molar-refractivity contribution >= 4 is 52.3 Å². The van der Waals surface area contributed by atoms with Gasteiger partial charge in [0.15, 0.2) is 0 Å². The zero-order chi connectivity index (χ0) is 34.8. The minimum Gasteiger partial charge on any atom is -0.480 e. The zero-order valence-electron chi connectivity index (χ0n) is 24.0. The van der Waals surface area contributed by atoms with Crippen molar-refractivity contribution in [2.75, 3.05) is 64.2 Å². The van der Waals surface area contributed by atoms with Crippen LogP contribution in [0, 0.1) is 0 Å². The molecule has 17 nitrogen and oxygen atoms in total. The highest BCUT2D eigenvalue weighted by molar-refractivity contribution is 5.96. The molecule has 0 bridgehead atoms. The molecule has 1 aromatic carbocycles. The number of aliphatic carboxylic acids is 4. The van der Waals surface area contributed by atoms with Crippen LogP contribution in [0.3, 0.4) is 0 Å². The Kier molecular flexibility index (Phi) is 13.1. The van der Waals surface area contributed by atoms with E-state index in [0.717, 1.165) is 28.0 Å². The van der Waals surface area contributed by atoms with E-state index in [2.05, 4.69) is 10.3 Å². The lowest BCUT2D eigenvalue weighted by Gasteiger charge is -2.27. The van der Waals surface area contributed by atoms with Gasteiger partial charge in [-0.15, -0.1) is 0 Å². The Bertz CT molecular complexity index is 1530. The van der Waals surface area contributed by atoms with Gasteiger partial charge in [-0.05, 0) is 12.1 Å². The number of aromatic nitrogens is 1. The van der Waals surface area contributed by atoms with Crippen LogP contribution in [0.4, 0.5) is 18.9 Å². The molecule has 20 heteroatoms. The Balaban J connectivity index is 2.20. The van der Waals surface area contributed by atoms with Crippen LogP contribution in [0.1, 0.15) is 11.1 Å². The first-order valence-electron chi connectivity index (χ1n) is 13.2. The summed E-state index contributed by atoms with van der Waals surface area (Å²) >= 11 is 0. The Morgan fingerprint density at radius 3 is 1.67 bits per heavy atom. The SMILES string of the molecule is NC(=O)Cc1c(C(F)(F)F)c2ccc(NC(=O)CN(CCN(CCN(CC(=O)O)CC(=O)O)CC(=O)O)CC(=O)O)cc2[nH]c1=O. The van der Waals surface area contributed by atoms with E-state index < -0.39 is 103 Å². The van der Waals surface area contributed by atoms with Gasteiger partial charge in [-0.2, -0.15) is 13.2 Å². The van der Waals surface area contributed by atoms with Crippen molar-refractivity contribution in [3.05, 3.63) is 39.7 Å². The summed E-state index contributed by atoms with van der Waals surface area (Å²) < 4.78 is 41.5. The molecule has 0 aliphatic rings. The van der Waals surface area contributed by atoms with E-state index in [4.69, 9.17) is 15.9 Å². The Hall–Kier alpha value is -5.08. The molecule has 0 aliphatic heterocycles. The maximum absolute atomic E-state index is 13.8. The number of anilines is 1. The number of carbonyl (C=O) groups is 6. The standard InChI is InChI=1S/C26H31F3N6O11/c27-26(28,29)24-15-2-1-14(7-17(15)32-25(46)16(24)8-18(30)36)31-19(37)9-34(11-21(40)41)5-3-33(10-20(38)39)4-6-35(12-22(42)43)13-23(44)45/h1-2,7H,3-6,8-13H2,(H2,30,36)(H,31,37)(H,32,46)(H,38,39)(H,40,41)(H,42,43)(H,44,45). The average Bonchev–Trinajstić information content (AvgIpc) is 2.88. The van der Waals surface area contributed by atoms with Crippen LogP contribution in [-0.2, 0) is 41.4 Å². The number of carbonyl (C=O) groups excluding carboxylic acids is 2. The number of H-pyrrole nitrogens is 1. The lowest BCUT2D eigenvalue weighted by molar-refractivity contribution is -0.143. The highest BCUT2D eigenvalue weighted by Gasteiger charge is 2.37. The molecular weight excluding hydrogens is 629 g/mol. The van der Waals surface area contributed by atoms with Crippen LogP contribution in [0.2, 0.25) is 0 Å². The highest BCUT2D eigenvalue weighted by atomic mass is 19.4. The molecule has 0 atom stereocenters. The topological polar surface area (TPSA) is 264 Å². The van der Waals surface area contributed by atoms with Gasteiger partial charge in [0.1, 0.15) is 0 Å². The number of halogens is 3. The number of amides is 2. The summed E-state index contributed by atoms with van der Waals surface area (Å²) in [5.41, 5.74) is 1.16. The molecule has 252 valence electrons. The number of nitrogens with one attached hydrogen (secondary N) is 2. The molecule has 0 fully saturated rings. The fourth-order valence-corrected chi connectivity index (χ4v) is 4.52. The molecule has 0 aliphatic carbocycles. The van der Waals surface area contributed by atoms with Crippen molar-refractivity contribution in [2.45, 2.75) is 12.6 Å². The molecule has 46 heavy (non-hydrogen) atoms. The summed E-state index contributed by atoms with van der Waals surface area (Å²) in [5.74, 6) is -7.22. The molecule has 2 amide bonds. The number of hydrogen-bond acceptors (Lipinski definition) is 10. The molecule has 0 spiro atoms. The van der Waals surface area contributed by atoms with Crippen LogP contribution < -0.4 is 16.6 Å². The van der Waals surface area contributed by atoms with Crippen LogP contribution >= 0.6 is 0 Å². The summed E-state index contributed by atoms with van der Waals surface area (Å²) in [6.45, 7) is -3.68. The number of primary amides is 1. The number of nitrogens with zero attached hydrogens (tertiary/aromatic N) is 3. The molecule has 0 saturated heterocycles. The van der Waals surface area contributed by atoms with E-state index >= 15 is 0 Å². The fraction of sp³-hybridized carbons (Fsp3) is 0.423. The summed E-state index contributed by atoms with van der Waals surface area (Å²) in [6.07, 6.45) is -6.00. The van der Waals surface area contributed by atoms with Gasteiger partial charge < -0.3 is 36.5 Å². The molecule has 2 aromatic rings. The van der Waals surface area contributed by atoms with E-state index in [1.54, 1.807) is 0 Å². The monoisotopic (exact) mass is 660 g/mol. The third-order valence-corrected chi connectivity index (χ3v) is 6.30. The van der Waals surface area contributed by atoms with Crippen LogP contribution in [0.5, 0.6) is 0 Å². The quantitative estimate of drug-likeness (QED) is 0.0929. The first kappa shape index (κ1) is 37.1. The molecule has 0 saturated carbocycles. The summed E-state index contributed by atoms with van der Waals surface area (Å²) in [5, 5.41) is 38.4.